The Morgan fingerprint density at radius 3 is 2.53 bits per heavy atom. The van der Waals surface area contributed by atoms with Crippen molar-refractivity contribution in [3.8, 4) is 0 Å². The number of sulfone groups is 1. The van der Waals surface area contributed by atoms with Gasteiger partial charge in [0.15, 0.2) is 0 Å². The Bertz CT molecular complexity index is 1100. The van der Waals surface area contributed by atoms with Crippen LogP contribution in [0.2, 0.25) is 0 Å². The van der Waals surface area contributed by atoms with Gasteiger partial charge < -0.3 is 9.64 Å². The molecule has 0 radical (unpaired) electrons. The molecule has 10 nitrogen and oxygen atoms in total. The van der Waals surface area contributed by atoms with Crippen LogP contribution in [0.3, 0.4) is 0 Å². The summed E-state index contributed by atoms with van der Waals surface area (Å²) < 4.78 is 67.3. The van der Waals surface area contributed by atoms with Crippen LogP contribution < -0.4 is 10.2 Å². The van der Waals surface area contributed by atoms with E-state index in [-0.39, 0.29) is 27.5 Å². The first kappa shape index (κ1) is 23.7. The first-order valence-electron chi connectivity index (χ1n) is 9.18. The van der Waals surface area contributed by atoms with Gasteiger partial charge in [0.1, 0.15) is 0 Å². The Balaban J connectivity index is 1.73. The summed E-state index contributed by atoms with van der Waals surface area (Å²) in [4.78, 5) is 27.0. The van der Waals surface area contributed by atoms with E-state index in [1.165, 1.54) is 11.9 Å². The van der Waals surface area contributed by atoms with Crippen LogP contribution in [0.5, 0.6) is 0 Å². The van der Waals surface area contributed by atoms with Gasteiger partial charge in [0.2, 0.25) is 25.5 Å². The molecule has 2 heterocycles. The monoisotopic (exact) mass is 493 g/mol. The lowest BCUT2D eigenvalue weighted by Crippen LogP contribution is -2.38. The van der Waals surface area contributed by atoms with Crippen molar-refractivity contribution in [3.63, 3.8) is 0 Å². The molecule has 1 aromatic carbocycles. The number of alkyl halides is 3. The molecule has 1 N–H and O–H groups in total. The number of amides is 3. The zero-order valence-corrected chi connectivity index (χ0v) is 18.4. The van der Waals surface area contributed by atoms with Crippen molar-refractivity contribution in [2.75, 3.05) is 29.6 Å². The molecule has 1 saturated heterocycles. The maximum Gasteiger partial charge on any atom is 0.416 e. The fourth-order valence-electron chi connectivity index (χ4n) is 2.79. The van der Waals surface area contributed by atoms with Crippen molar-refractivity contribution in [3.05, 3.63) is 29.8 Å². The van der Waals surface area contributed by atoms with Crippen molar-refractivity contribution in [1.82, 2.24) is 15.1 Å². The Morgan fingerprint density at radius 2 is 1.94 bits per heavy atom. The molecule has 1 unspecified atom stereocenters. The minimum atomic E-state index is -4.51. The second-order valence-corrected chi connectivity index (χ2v) is 10.0. The van der Waals surface area contributed by atoms with Gasteiger partial charge in [-0.25, -0.2) is 22.9 Å². The first-order valence-corrected chi connectivity index (χ1v) is 11.6. The molecule has 1 aliphatic rings. The molecule has 174 valence electrons. The van der Waals surface area contributed by atoms with Crippen molar-refractivity contribution in [1.29, 1.82) is 0 Å². The molecule has 1 aromatic heterocycles. The number of halogens is 3. The zero-order chi connectivity index (χ0) is 23.7. The lowest BCUT2D eigenvalue weighted by atomic mass is 10.2. The molecule has 15 heteroatoms. The highest BCUT2D eigenvalue weighted by molar-refractivity contribution is 7.93. The second kappa shape index (κ2) is 8.90. The topological polar surface area (TPSA) is 122 Å². The number of rotatable bonds is 6. The summed E-state index contributed by atoms with van der Waals surface area (Å²) in [5.74, 6) is -0.134. The zero-order valence-electron chi connectivity index (χ0n) is 16.8. The predicted octanol–water partition coefficient (Wildman–Crippen LogP) is 3.19. The molecule has 0 spiro atoms. The minimum absolute atomic E-state index is 0.0457. The number of carbonyl (C=O) groups is 2. The quantitative estimate of drug-likeness (QED) is 0.614. The highest BCUT2D eigenvalue weighted by Crippen LogP contribution is 2.31. The average Bonchev–Trinajstić information content (AvgIpc) is 3.27. The third-order valence-corrected chi connectivity index (χ3v) is 7.58. The fourth-order valence-corrected chi connectivity index (χ4v) is 5.26. The predicted molar refractivity (Wildman–Crippen MR) is 108 cm³/mol. The number of nitrogens with one attached hydrogen (secondary N) is 1. The highest BCUT2D eigenvalue weighted by atomic mass is 32.2. The summed E-state index contributed by atoms with van der Waals surface area (Å²) in [5.41, 5.74) is -0.827. The Hall–Kier alpha value is -2.94. The van der Waals surface area contributed by atoms with E-state index in [1.54, 1.807) is 6.92 Å². The molecule has 1 aliphatic heterocycles. The fraction of sp³-hybridized carbons (Fsp3) is 0.412. The van der Waals surface area contributed by atoms with E-state index in [0.29, 0.717) is 17.8 Å². The first-order chi connectivity index (χ1) is 14.9. The normalized spacial score (nSPS) is 17.0. The SMILES string of the molecule is CCCS(=O)(=O)c1nnc(N2C(=O)N(C)CC2OC(=O)Nc2ccc(C(F)(F)F)cc2)s1. The molecule has 2 aromatic rings. The van der Waals surface area contributed by atoms with Gasteiger partial charge in [-0.2, -0.15) is 13.2 Å². The van der Waals surface area contributed by atoms with Crippen molar-refractivity contribution < 1.29 is 35.9 Å². The summed E-state index contributed by atoms with van der Waals surface area (Å²) >= 11 is 0.672. The van der Waals surface area contributed by atoms with Crippen LogP contribution in [-0.4, -0.2) is 61.2 Å². The number of hydrogen-bond acceptors (Lipinski definition) is 8. The molecule has 1 fully saturated rings. The standard InChI is InChI=1S/C17H18F3N5O5S2/c1-3-8-32(28,29)15-23-22-13(31-15)25-12(9-24(2)16(25)27)30-14(26)21-11-6-4-10(5-7-11)17(18,19)20/h4-7,12H,3,8-9H2,1-2H3,(H,21,26). The number of urea groups is 1. The summed E-state index contributed by atoms with van der Waals surface area (Å²) in [5, 5.41) is 9.61. The maximum absolute atomic E-state index is 12.6. The molecule has 0 saturated carbocycles. The van der Waals surface area contributed by atoms with Crippen LogP contribution >= 0.6 is 11.3 Å². The lowest BCUT2D eigenvalue weighted by molar-refractivity contribution is -0.137. The highest BCUT2D eigenvalue weighted by Gasteiger charge is 2.41. The molecule has 1 atom stereocenters. The van der Waals surface area contributed by atoms with E-state index in [2.05, 4.69) is 15.5 Å². The molecule has 32 heavy (non-hydrogen) atoms. The van der Waals surface area contributed by atoms with Gasteiger partial charge in [-0.15, -0.1) is 10.2 Å². The lowest BCUT2D eigenvalue weighted by Gasteiger charge is -2.20. The van der Waals surface area contributed by atoms with Gasteiger partial charge in [-0.3, -0.25) is 5.32 Å². The van der Waals surface area contributed by atoms with Gasteiger partial charge in [0.05, 0.1) is 17.9 Å². The average molecular weight is 493 g/mol. The third kappa shape index (κ3) is 5.09. The van der Waals surface area contributed by atoms with Crippen LogP contribution in [-0.2, 0) is 20.8 Å². The van der Waals surface area contributed by atoms with Crippen LogP contribution in [0.25, 0.3) is 0 Å². The number of anilines is 2. The smallest absolute Gasteiger partial charge is 0.416 e. The van der Waals surface area contributed by atoms with Gasteiger partial charge in [-0.05, 0) is 30.7 Å². The summed E-state index contributed by atoms with van der Waals surface area (Å²) in [6, 6.07) is 3.13. The minimum Gasteiger partial charge on any atom is -0.423 e. The van der Waals surface area contributed by atoms with Gasteiger partial charge in [0, 0.05) is 12.7 Å². The maximum atomic E-state index is 12.6. The molecule has 0 bridgehead atoms. The number of benzene rings is 1. The number of carbonyl (C=O) groups excluding carboxylic acids is 2. The molecular weight excluding hydrogens is 475 g/mol. The Labute approximate surface area is 184 Å². The molecule has 3 amide bonds. The van der Waals surface area contributed by atoms with E-state index in [9.17, 15) is 31.2 Å². The number of ether oxygens (including phenoxy) is 1. The van der Waals surface area contributed by atoms with Gasteiger partial charge in [-0.1, -0.05) is 18.3 Å². The number of nitrogens with zero attached hydrogens (tertiary/aromatic N) is 4. The van der Waals surface area contributed by atoms with Crippen molar-refractivity contribution >= 4 is 44.1 Å². The molecular formula is C17H18F3N5O5S2. The summed E-state index contributed by atoms with van der Waals surface area (Å²) in [7, 11) is -2.21. The summed E-state index contributed by atoms with van der Waals surface area (Å²) in [6.07, 6.45) is -6.32. The number of hydrogen-bond donors (Lipinski definition) is 1. The van der Waals surface area contributed by atoms with E-state index < -0.39 is 39.9 Å². The summed E-state index contributed by atoms with van der Waals surface area (Å²) in [6.45, 7) is 1.65. The van der Waals surface area contributed by atoms with E-state index in [1.807, 2.05) is 0 Å². The van der Waals surface area contributed by atoms with E-state index in [4.69, 9.17) is 4.74 Å². The Kier molecular flexibility index (Phi) is 6.59. The van der Waals surface area contributed by atoms with Crippen molar-refractivity contribution in [2.24, 2.45) is 0 Å². The van der Waals surface area contributed by atoms with Crippen LogP contribution in [0.1, 0.15) is 18.9 Å². The van der Waals surface area contributed by atoms with Gasteiger partial charge in [0.25, 0.3) is 0 Å². The van der Waals surface area contributed by atoms with Crippen LogP contribution in [0.15, 0.2) is 28.6 Å². The number of aromatic nitrogens is 2. The van der Waals surface area contributed by atoms with Gasteiger partial charge >= 0.3 is 18.3 Å². The number of likely N-dealkylation sites (N-methyl/N-ethyl adjacent to an activating group) is 1. The second-order valence-electron chi connectivity index (χ2n) is 6.76. The molecule has 3 rings (SSSR count). The Morgan fingerprint density at radius 1 is 1.28 bits per heavy atom. The largest absolute Gasteiger partial charge is 0.423 e. The van der Waals surface area contributed by atoms with E-state index >= 15 is 0 Å². The van der Waals surface area contributed by atoms with Crippen LogP contribution in [0.4, 0.5) is 33.6 Å². The third-order valence-electron chi connectivity index (χ3n) is 4.29. The van der Waals surface area contributed by atoms with E-state index in [0.717, 1.165) is 29.2 Å². The van der Waals surface area contributed by atoms with Crippen LogP contribution in [0, 0.1) is 0 Å². The van der Waals surface area contributed by atoms with Crippen molar-refractivity contribution in [2.45, 2.75) is 30.1 Å². The molecule has 0 aliphatic carbocycles.